The van der Waals surface area contributed by atoms with Gasteiger partial charge in [-0.05, 0) is 41.1 Å². The number of anilines is 1. The van der Waals surface area contributed by atoms with Crippen LogP contribution in [0.4, 0.5) is 5.69 Å². The van der Waals surface area contributed by atoms with E-state index in [2.05, 4.69) is 31.8 Å². The second-order valence-electron chi connectivity index (χ2n) is 5.38. The summed E-state index contributed by atoms with van der Waals surface area (Å²) in [6, 6.07) is 17.6. The van der Waals surface area contributed by atoms with Crippen molar-refractivity contribution >= 4 is 50.4 Å². The lowest BCUT2D eigenvalue weighted by atomic mass is 10.0. The molecule has 3 N–H and O–H groups in total. The van der Waals surface area contributed by atoms with E-state index in [-0.39, 0.29) is 5.75 Å². The van der Waals surface area contributed by atoms with Gasteiger partial charge in [0.2, 0.25) is 0 Å². The predicted molar refractivity (Wildman–Crippen MR) is 104 cm³/mol. The van der Waals surface area contributed by atoms with Crippen molar-refractivity contribution in [2.75, 3.05) is 5.32 Å². The fourth-order valence-electron chi connectivity index (χ4n) is 2.35. The van der Waals surface area contributed by atoms with Gasteiger partial charge < -0.3 is 10.4 Å². The van der Waals surface area contributed by atoms with Crippen LogP contribution in [0.2, 0.25) is 0 Å². The monoisotopic (exact) mass is 411 g/mol. The summed E-state index contributed by atoms with van der Waals surface area (Å²) in [7, 11) is 0. The van der Waals surface area contributed by atoms with Crippen molar-refractivity contribution in [1.82, 2.24) is 5.43 Å². The molecule has 26 heavy (non-hydrogen) atoms. The number of benzene rings is 3. The number of aromatic hydroxyl groups is 1. The number of rotatable bonds is 3. The van der Waals surface area contributed by atoms with Crippen molar-refractivity contribution in [3.8, 4) is 5.75 Å². The van der Waals surface area contributed by atoms with E-state index >= 15 is 0 Å². The summed E-state index contributed by atoms with van der Waals surface area (Å²) in [5.41, 5.74) is 3.10. The van der Waals surface area contributed by atoms with Gasteiger partial charge in [0, 0.05) is 15.7 Å². The SMILES string of the molecule is O=C(NN=Cc1c(O)ccc2ccccc12)C(=O)Nc1ccc(Br)cc1. The third kappa shape index (κ3) is 4.07. The minimum Gasteiger partial charge on any atom is -0.507 e. The molecule has 6 nitrogen and oxygen atoms in total. The molecule has 0 aliphatic rings. The minimum atomic E-state index is -0.913. The molecule has 0 unspecified atom stereocenters. The van der Waals surface area contributed by atoms with E-state index < -0.39 is 11.8 Å². The Hall–Kier alpha value is -3.19. The Bertz CT molecular complexity index is 1000. The molecular weight excluding hydrogens is 398 g/mol. The number of hydrogen-bond donors (Lipinski definition) is 3. The summed E-state index contributed by atoms with van der Waals surface area (Å²) in [6.07, 6.45) is 1.31. The molecule has 0 aliphatic heterocycles. The number of phenols is 1. The molecule has 130 valence electrons. The Kier molecular flexibility index (Phi) is 5.28. The van der Waals surface area contributed by atoms with Crippen LogP contribution in [-0.2, 0) is 9.59 Å². The molecule has 0 aliphatic carbocycles. The highest BCUT2D eigenvalue weighted by atomic mass is 79.9. The normalized spacial score (nSPS) is 10.8. The summed E-state index contributed by atoms with van der Waals surface area (Å²) < 4.78 is 0.861. The average Bonchev–Trinajstić information content (AvgIpc) is 2.65. The van der Waals surface area contributed by atoms with Gasteiger partial charge in [-0.1, -0.05) is 46.3 Å². The zero-order chi connectivity index (χ0) is 18.5. The number of amides is 2. The fourth-order valence-corrected chi connectivity index (χ4v) is 2.61. The lowest BCUT2D eigenvalue weighted by Crippen LogP contribution is -2.32. The summed E-state index contributed by atoms with van der Waals surface area (Å²) in [5.74, 6) is -1.73. The highest BCUT2D eigenvalue weighted by molar-refractivity contribution is 9.10. The van der Waals surface area contributed by atoms with Crippen LogP contribution in [0.15, 0.2) is 70.2 Å². The van der Waals surface area contributed by atoms with Crippen LogP contribution in [0.1, 0.15) is 5.56 Å². The first-order valence-corrected chi connectivity index (χ1v) is 8.44. The maximum atomic E-state index is 11.9. The largest absolute Gasteiger partial charge is 0.507 e. The van der Waals surface area contributed by atoms with E-state index in [1.165, 1.54) is 6.21 Å². The summed E-state index contributed by atoms with van der Waals surface area (Å²) in [6.45, 7) is 0. The van der Waals surface area contributed by atoms with E-state index in [1.807, 2.05) is 24.3 Å². The number of fused-ring (bicyclic) bond motifs is 1. The summed E-state index contributed by atoms with van der Waals surface area (Å²) >= 11 is 3.29. The van der Waals surface area contributed by atoms with Gasteiger partial charge in [-0.2, -0.15) is 5.10 Å². The molecule has 0 aromatic heterocycles. The van der Waals surface area contributed by atoms with Gasteiger partial charge in [-0.25, -0.2) is 5.43 Å². The topological polar surface area (TPSA) is 90.8 Å². The van der Waals surface area contributed by atoms with Gasteiger partial charge in [-0.15, -0.1) is 0 Å². The number of nitrogens with one attached hydrogen (secondary N) is 2. The van der Waals surface area contributed by atoms with Crippen molar-refractivity contribution in [3.63, 3.8) is 0 Å². The molecule has 0 radical (unpaired) electrons. The maximum Gasteiger partial charge on any atom is 0.329 e. The molecule has 7 heteroatoms. The van der Waals surface area contributed by atoms with E-state index in [1.54, 1.807) is 36.4 Å². The minimum absolute atomic E-state index is 0.0287. The van der Waals surface area contributed by atoms with Crippen molar-refractivity contribution in [1.29, 1.82) is 0 Å². The van der Waals surface area contributed by atoms with Crippen LogP contribution in [0.25, 0.3) is 10.8 Å². The third-order valence-electron chi connectivity index (χ3n) is 3.62. The molecule has 0 bridgehead atoms. The number of halogens is 1. The predicted octanol–water partition coefficient (Wildman–Crippen LogP) is 3.40. The lowest BCUT2D eigenvalue weighted by Gasteiger charge is -2.05. The smallest absolute Gasteiger partial charge is 0.329 e. The van der Waals surface area contributed by atoms with Crippen LogP contribution in [0, 0.1) is 0 Å². The molecule has 0 heterocycles. The molecule has 0 atom stereocenters. The van der Waals surface area contributed by atoms with Crippen LogP contribution >= 0.6 is 15.9 Å². The number of hydrazone groups is 1. The zero-order valence-electron chi connectivity index (χ0n) is 13.4. The second kappa shape index (κ2) is 7.79. The number of carbonyl (C=O) groups excluding carboxylic acids is 2. The summed E-state index contributed by atoms with van der Waals surface area (Å²) in [4.78, 5) is 23.7. The Morgan fingerprint density at radius 1 is 0.962 bits per heavy atom. The van der Waals surface area contributed by atoms with Gasteiger partial charge in [0.05, 0.1) is 6.21 Å². The number of hydrogen-bond acceptors (Lipinski definition) is 4. The molecule has 3 aromatic rings. The van der Waals surface area contributed by atoms with Crippen LogP contribution in [0.3, 0.4) is 0 Å². The molecule has 0 saturated carbocycles. The van der Waals surface area contributed by atoms with Crippen molar-refractivity contribution in [2.24, 2.45) is 5.10 Å². The quantitative estimate of drug-likeness (QED) is 0.350. The second-order valence-corrected chi connectivity index (χ2v) is 6.30. The molecule has 0 fully saturated rings. The highest BCUT2D eigenvalue weighted by Crippen LogP contribution is 2.25. The molecule has 3 aromatic carbocycles. The van der Waals surface area contributed by atoms with E-state index in [0.717, 1.165) is 15.2 Å². The molecule has 0 saturated heterocycles. The lowest BCUT2D eigenvalue weighted by molar-refractivity contribution is -0.136. The average molecular weight is 412 g/mol. The first-order chi connectivity index (χ1) is 12.5. The van der Waals surface area contributed by atoms with E-state index in [0.29, 0.717) is 11.3 Å². The van der Waals surface area contributed by atoms with Gasteiger partial charge >= 0.3 is 11.8 Å². The molecule has 3 rings (SSSR count). The van der Waals surface area contributed by atoms with Gasteiger partial charge in [0.15, 0.2) is 0 Å². The van der Waals surface area contributed by atoms with Crippen molar-refractivity contribution in [2.45, 2.75) is 0 Å². The number of carbonyl (C=O) groups is 2. The molecular formula is C19H14BrN3O3. The van der Waals surface area contributed by atoms with E-state index in [4.69, 9.17) is 0 Å². The third-order valence-corrected chi connectivity index (χ3v) is 4.14. The van der Waals surface area contributed by atoms with Gasteiger partial charge in [0.1, 0.15) is 5.75 Å². The molecule has 0 spiro atoms. The number of phenolic OH excluding ortho intramolecular Hbond substituents is 1. The standard InChI is InChI=1S/C19H14BrN3O3/c20-13-6-8-14(9-7-13)22-18(25)19(26)23-21-11-16-15-4-2-1-3-12(15)5-10-17(16)24/h1-11,24H,(H,22,25)(H,23,26). The van der Waals surface area contributed by atoms with E-state index in [9.17, 15) is 14.7 Å². The Labute approximate surface area is 157 Å². The van der Waals surface area contributed by atoms with Crippen LogP contribution < -0.4 is 10.7 Å². The number of nitrogens with zero attached hydrogens (tertiary/aromatic N) is 1. The highest BCUT2D eigenvalue weighted by Gasteiger charge is 2.13. The Morgan fingerprint density at radius 2 is 1.69 bits per heavy atom. The van der Waals surface area contributed by atoms with Crippen molar-refractivity contribution in [3.05, 3.63) is 70.7 Å². The van der Waals surface area contributed by atoms with Crippen LogP contribution in [-0.4, -0.2) is 23.1 Å². The molecule has 2 amide bonds. The first kappa shape index (κ1) is 17.6. The zero-order valence-corrected chi connectivity index (χ0v) is 15.0. The van der Waals surface area contributed by atoms with Gasteiger partial charge in [0.25, 0.3) is 0 Å². The first-order valence-electron chi connectivity index (χ1n) is 7.65. The fraction of sp³-hybridized carbons (Fsp3) is 0. The van der Waals surface area contributed by atoms with Gasteiger partial charge in [-0.3, -0.25) is 9.59 Å². The van der Waals surface area contributed by atoms with Crippen molar-refractivity contribution < 1.29 is 14.7 Å². The maximum absolute atomic E-state index is 11.9. The Balaban J connectivity index is 1.68. The van der Waals surface area contributed by atoms with Crippen LogP contribution in [0.5, 0.6) is 5.75 Å². The Morgan fingerprint density at radius 3 is 2.46 bits per heavy atom. The summed E-state index contributed by atoms with van der Waals surface area (Å²) in [5, 5.41) is 18.0.